The third-order valence-corrected chi connectivity index (χ3v) is 2.65. The molecule has 0 aliphatic heterocycles. The fourth-order valence-corrected chi connectivity index (χ4v) is 1.81. The van der Waals surface area contributed by atoms with Crippen LogP contribution in [0.1, 0.15) is 5.56 Å². The molecule has 16 heavy (non-hydrogen) atoms. The summed E-state index contributed by atoms with van der Waals surface area (Å²) in [7, 11) is 1.27. The fourth-order valence-electron chi connectivity index (χ4n) is 1.28. The summed E-state index contributed by atoms with van der Waals surface area (Å²) >= 11 is 11.7. The molecule has 0 radical (unpaired) electrons. The molecule has 1 rings (SSSR count). The number of nitrogen functional groups attached to an aromatic ring is 1. The van der Waals surface area contributed by atoms with Crippen molar-refractivity contribution in [1.82, 2.24) is 0 Å². The topological polar surface area (TPSA) is 78.3 Å². The van der Waals surface area contributed by atoms with Gasteiger partial charge in [-0.25, -0.2) is 0 Å². The van der Waals surface area contributed by atoms with Crippen molar-refractivity contribution >= 4 is 34.9 Å². The minimum atomic E-state index is -0.776. The van der Waals surface area contributed by atoms with Crippen LogP contribution < -0.4 is 11.5 Å². The Hall–Kier alpha value is -0.970. The van der Waals surface area contributed by atoms with Crippen LogP contribution in [0, 0.1) is 0 Å². The molecule has 0 aromatic heterocycles. The molecule has 0 aliphatic carbocycles. The van der Waals surface area contributed by atoms with Crippen molar-refractivity contribution in [2.24, 2.45) is 5.73 Å². The number of ether oxygens (including phenoxy) is 1. The number of halogens is 2. The molecular weight excluding hydrogens is 251 g/mol. The van der Waals surface area contributed by atoms with E-state index in [-0.39, 0.29) is 6.42 Å². The maximum Gasteiger partial charge on any atom is 0.322 e. The standard InChI is InChI=1S/C10H12Cl2N2O2/c1-16-10(15)8(13)3-5-2-6(11)4-7(12)9(5)14/h2,4,8H,3,13-14H2,1H3/t8-/m1/s1. The summed E-state index contributed by atoms with van der Waals surface area (Å²) in [4.78, 5) is 11.1. The van der Waals surface area contributed by atoms with E-state index in [2.05, 4.69) is 4.74 Å². The molecule has 6 heteroatoms. The van der Waals surface area contributed by atoms with Gasteiger partial charge in [-0.15, -0.1) is 0 Å². The molecule has 0 saturated heterocycles. The maximum absolute atomic E-state index is 11.1. The lowest BCUT2D eigenvalue weighted by Crippen LogP contribution is -2.33. The van der Waals surface area contributed by atoms with Crippen LogP contribution in [0.4, 0.5) is 5.69 Å². The van der Waals surface area contributed by atoms with E-state index in [1.165, 1.54) is 13.2 Å². The number of hydrogen-bond donors (Lipinski definition) is 2. The molecule has 0 unspecified atom stereocenters. The minimum Gasteiger partial charge on any atom is -0.468 e. The molecule has 1 atom stereocenters. The molecule has 0 fully saturated rings. The van der Waals surface area contributed by atoms with Gasteiger partial charge in [-0.3, -0.25) is 4.79 Å². The van der Waals surface area contributed by atoms with Gasteiger partial charge in [-0.1, -0.05) is 23.2 Å². The van der Waals surface area contributed by atoms with Gasteiger partial charge >= 0.3 is 5.97 Å². The second kappa shape index (κ2) is 5.39. The zero-order valence-electron chi connectivity index (χ0n) is 8.67. The highest BCUT2D eigenvalue weighted by Gasteiger charge is 2.17. The SMILES string of the molecule is COC(=O)[C@H](N)Cc1cc(Cl)cc(Cl)c1N. The van der Waals surface area contributed by atoms with Gasteiger partial charge in [0.2, 0.25) is 0 Å². The Balaban J connectivity index is 2.93. The van der Waals surface area contributed by atoms with E-state index >= 15 is 0 Å². The van der Waals surface area contributed by atoms with Crippen LogP contribution in [-0.4, -0.2) is 19.1 Å². The summed E-state index contributed by atoms with van der Waals surface area (Å²) in [5.41, 5.74) is 12.4. The van der Waals surface area contributed by atoms with Crippen LogP contribution in [0.15, 0.2) is 12.1 Å². The number of benzene rings is 1. The first-order valence-electron chi connectivity index (χ1n) is 4.52. The smallest absolute Gasteiger partial charge is 0.322 e. The summed E-state index contributed by atoms with van der Waals surface area (Å²) in [6.07, 6.45) is 0.235. The van der Waals surface area contributed by atoms with Gasteiger partial charge < -0.3 is 16.2 Å². The number of carbonyl (C=O) groups excluding carboxylic acids is 1. The quantitative estimate of drug-likeness (QED) is 0.641. The molecule has 0 bridgehead atoms. The molecule has 0 amide bonds. The molecular formula is C10H12Cl2N2O2. The van der Waals surface area contributed by atoms with Gasteiger partial charge in [0.15, 0.2) is 0 Å². The van der Waals surface area contributed by atoms with Gasteiger partial charge in [-0.05, 0) is 17.7 Å². The van der Waals surface area contributed by atoms with Crippen molar-refractivity contribution in [3.63, 3.8) is 0 Å². The lowest BCUT2D eigenvalue weighted by molar-refractivity contribution is -0.142. The average Bonchev–Trinajstić information content (AvgIpc) is 2.23. The van der Waals surface area contributed by atoms with Crippen LogP contribution in [0.2, 0.25) is 10.0 Å². The Morgan fingerprint density at radius 2 is 2.12 bits per heavy atom. The van der Waals surface area contributed by atoms with Crippen LogP contribution in [-0.2, 0) is 16.0 Å². The lowest BCUT2D eigenvalue weighted by atomic mass is 10.0. The summed E-state index contributed by atoms with van der Waals surface area (Å²) in [6.45, 7) is 0. The van der Waals surface area contributed by atoms with Crippen molar-refractivity contribution in [3.8, 4) is 0 Å². The summed E-state index contributed by atoms with van der Waals surface area (Å²) in [5, 5.41) is 0.797. The fraction of sp³-hybridized carbons (Fsp3) is 0.300. The van der Waals surface area contributed by atoms with E-state index in [1.54, 1.807) is 6.07 Å². The van der Waals surface area contributed by atoms with Crippen molar-refractivity contribution < 1.29 is 9.53 Å². The molecule has 0 heterocycles. The highest BCUT2D eigenvalue weighted by Crippen LogP contribution is 2.28. The van der Waals surface area contributed by atoms with Gasteiger partial charge in [0, 0.05) is 11.4 Å². The minimum absolute atomic E-state index is 0.235. The number of nitrogens with two attached hydrogens (primary N) is 2. The highest BCUT2D eigenvalue weighted by atomic mass is 35.5. The molecule has 88 valence electrons. The van der Waals surface area contributed by atoms with Gasteiger partial charge in [0.05, 0.1) is 17.8 Å². The first-order chi connectivity index (χ1) is 7.45. The molecule has 4 N–H and O–H groups in total. The zero-order valence-corrected chi connectivity index (χ0v) is 10.2. The predicted molar refractivity (Wildman–Crippen MR) is 64.6 cm³/mol. The summed E-state index contributed by atoms with van der Waals surface area (Å²) in [6, 6.07) is 2.39. The Kier molecular flexibility index (Phi) is 4.41. The zero-order chi connectivity index (χ0) is 12.3. The molecule has 1 aromatic carbocycles. The third-order valence-electron chi connectivity index (χ3n) is 2.12. The van der Waals surface area contributed by atoms with Crippen molar-refractivity contribution in [2.45, 2.75) is 12.5 Å². The number of hydrogen-bond acceptors (Lipinski definition) is 4. The van der Waals surface area contributed by atoms with E-state index in [9.17, 15) is 4.79 Å². The van der Waals surface area contributed by atoms with Crippen LogP contribution in [0.3, 0.4) is 0 Å². The summed E-state index contributed by atoms with van der Waals surface area (Å²) < 4.78 is 4.51. The van der Waals surface area contributed by atoms with E-state index in [0.29, 0.717) is 21.3 Å². The molecule has 4 nitrogen and oxygen atoms in total. The third kappa shape index (κ3) is 3.01. The molecule has 1 aromatic rings. The molecule has 0 saturated carbocycles. The van der Waals surface area contributed by atoms with Gasteiger partial charge in [0.25, 0.3) is 0 Å². The summed E-state index contributed by atoms with van der Waals surface area (Å²) in [5.74, 6) is -0.504. The lowest BCUT2D eigenvalue weighted by Gasteiger charge is -2.12. The Bertz CT molecular complexity index is 410. The van der Waals surface area contributed by atoms with Crippen molar-refractivity contribution in [3.05, 3.63) is 27.7 Å². The molecule has 0 aliphatic rings. The average molecular weight is 263 g/mol. The van der Waals surface area contributed by atoms with E-state index in [1.807, 2.05) is 0 Å². The first kappa shape index (κ1) is 13.1. The first-order valence-corrected chi connectivity index (χ1v) is 5.28. The number of carbonyl (C=O) groups is 1. The van der Waals surface area contributed by atoms with E-state index in [4.69, 9.17) is 34.7 Å². The van der Waals surface area contributed by atoms with Crippen LogP contribution in [0.5, 0.6) is 0 Å². The number of anilines is 1. The van der Waals surface area contributed by atoms with E-state index in [0.717, 1.165) is 0 Å². The maximum atomic E-state index is 11.1. The van der Waals surface area contributed by atoms with Gasteiger partial charge in [0.1, 0.15) is 6.04 Å². The Morgan fingerprint density at radius 1 is 1.50 bits per heavy atom. The van der Waals surface area contributed by atoms with Crippen LogP contribution in [0.25, 0.3) is 0 Å². The van der Waals surface area contributed by atoms with Crippen LogP contribution >= 0.6 is 23.2 Å². The Labute approximate surface area is 103 Å². The monoisotopic (exact) mass is 262 g/mol. The molecule has 0 spiro atoms. The predicted octanol–water partition coefficient (Wildman–Crippen LogP) is 1.62. The number of esters is 1. The van der Waals surface area contributed by atoms with Crippen molar-refractivity contribution in [2.75, 3.05) is 12.8 Å². The second-order valence-corrected chi connectivity index (χ2v) is 4.14. The van der Waals surface area contributed by atoms with E-state index < -0.39 is 12.0 Å². The largest absolute Gasteiger partial charge is 0.468 e. The van der Waals surface area contributed by atoms with Crippen molar-refractivity contribution in [1.29, 1.82) is 0 Å². The number of rotatable bonds is 3. The normalized spacial score (nSPS) is 12.2. The Morgan fingerprint density at radius 3 is 2.69 bits per heavy atom. The number of methoxy groups -OCH3 is 1. The second-order valence-electron chi connectivity index (χ2n) is 3.29. The van der Waals surface area contributed by atoms with Gasteiger partial charge in [-0.2, -0.15) is 0 Å². The highest BCUT2D eigenvalue weighted by molar-refractivity contribution is 6.36.